The second-order valence-electron chi connectivity index (χ2n) is 7.15. The third-order valence-electron chi connectivity index (χ3n) is 4.82. The summed E-state index contributed by atoms with van der Waals surface area (Å²) in [5, 5.41) is 30.3. The van der Waals surface area contributed by atoms with Crippen LogP contribution in [0.4, 0.5) is 13.2 Å². The molecule has 0 saturated heterocycles. The van der Waals surface area contributed by atoms with Crippen LogP contribution in [0, 0.1) is 0 Å². The third-order valence-corrected chi connectivity index (χ3v) is 4.82. The Morgan fingerprint density at radius 1 is 1.09 bits per heavy atom. The molecule has 1 atom stereocenters. The van der Waals surface area contributed by atoms with Crippen LogP contribution in [-0.4, -0.2) is 48.8 Å². The zero-order chi connectivity index (χ0) is 25.2. The Kier molecular flexibility index (Phi) is 6.56. The van der Waals surface area contributed by atoms with Crippen LogP contribution < -0.4 is 10.9 Å². The molecule has 0 aliphatic rings. The summed E-state index contributed by atoms with van der Waals surface area (Å²) < 4.78 is 39.4. The van der Waals surface area contributed by atoms with Gasteiger partial charge in [-0.25, -0.2) is 9.78 Å². The topological polar surface area (TPSA) is 159 Å². The predicted molar refractivity (Wildman–Crippen MR) is 109 cm³/mol. The third kappa shape index (κ3) is 4.98. The van der Waals surface area contributed by atoms with E-state index < -0.39 is 58.9 Å². The summed E-state index contributed by atoms with van der Waals surface area (Å²) in [5.74, 6) is -5.36. The van der Waals surface area contributed by atoms with E-state index in [1.165, 1.54) is 18.3 Å². The van der Waals surface area contributed by atoms with Crippen molar-refractivity contribution in [3.63, 3.8) is 0 Å². The van der Waals surface area contributed by atoms with Gasteiger partial charge in [0.2, 0.25) is 0 Å². The highest BCUT2D eigenvalue weighted by molar-refractivity contribution is 6.03. The van der Waals surface area contributed by atoms with Crippen molar-refractivity contribution in [3.05, 3.63) is 69.6 Å². The first kappa shape index (κ1) is 24.2. The Hall–Kier alpha value is -4.42. The highest BCUT2D eigenvalue weighted by atomic mass is 19.4. The average Bonchev–Trinajstić information content (AvgIpc) is 2.75. The molecule has 10 nitrogen and oxygen atoms in total. The molecule has 0 fully saturated rings. The van der Waals surface area contributed by atoms with E-state index in [4.69, 9.17) is 10.2 Å². The Balaban J connectivity index is 2.09. The highest BCUT2D eigenvalue weighted by Gasteiger charge is 2.31. The molecule has 0 aliphatic heterocycles. The number of aromatic nitrogens is 2. The molecular formula is C21H16F3N3O7. The molecule has 0 bridgehead atoms. The number of carboxylic acid groups (broad SMARTS) is 2. The molecule has 0 spiro atoms. The van der Waals surface area contributed by atoms with Crippen molar-refractivity contribution in [1.29, 1.82) is 0 Å². The first-order valence-corrected chi connectivity index (χ1v) is 9.52. The van der Waals surface area contributed by atoms with Crippen molar-refractivity contribution in [2.75, 3.05) is 0 Å². The number of aliphatic carboxylic acids is 2. The van der Waals surface area contributed by atoms with Gasteiger partial charge in [0.25, 0.3) is 11.5 Å². The molecule has 1 aromatic carbocycles. The van der Waals surface area contributed by atoms with Crippen LogP contribution in [0.5, 0.6) is 5.75 Å². The maximum atomic E-state index is 13.1. The molecule has 0 saturated carbocycles. The number of fused-ring (bicyclic) bond motifs is 1. The summed E-state index contributed by atoms with van der Waals surface area (Å²) in [6.07, 6.45) is -4.27. The minimum Gasteiger partial charge on any atom is -0.506 e. The van der Waals surface area contributed by atoms with Crippen molar-refractivity contribution < 1.29 is 42.9 Å². The van der Waals surface area contributed by atoms with Gasteiger partial charge in [0.05, 0.1) is 23.9 Å². The van der Waals surface area contributed by atoms with Gasteiger partial charge in [0.15, 0.2) is 0 Å². The van der Waals surface area contributed by atoms with Gasteiger partial charge in [-0.3, -0.25) is 19.0 Å². The molecule has 178 valence electrons. The lowest BCUT2D eigenvalue weighted by molar-refractivity contribution is -0.145. The number of nitrogens with zero attached hydrogens (tertiary/aromatic N) is 2. The van der Waals surface area contributed by atoms with Crippen LogP contribution in [-0.2, 0) is 22.3 Å². The smallest absolute Gasteiger partial charge is 0.416 e. The Bertz CT molecular complexity index is 1330. The number of benzene rings is 1. The number of carbonyl (C=O) groups is 3. The lowest BCUT2D eigenvalue weighted by Gasteiger charge is -2.16. The zero-order valence-electron chi connectivity index (χ0n) is 17.0. The normalized spacial score (nSPS) is 12.3. The van der Waals surface area contributed by atoms with E-state index in [1.807, 2.05) is 5.32 Å². The van der Waals surface area contributed by atoms with E-state index in [9.17, 15) is 37.5 Å². The predicted octanol–water partition coefficient (Wildman–Crippen LogP) is 1.83. The molecule has 0 unspecified atom stereocenters. The standard InChI is InChI=1S/C21H16F3N3O7/c22-21(23,24)11-5-3-10(4-6-11)9-27-17-12(2-1-7-25-17)16(30)15(19(27)32)18(31)26-13(20(33)34)8-14(28)29/h1-7,13,30H,8-9H2,(H,26,31)(H,28,29)(H,33,34)/t13-/m0/s1. The summed E-state index contributed by atoms with van der Waals surface area (Å²) in [7, 11) is 0. The van der Waals surface area contributed by atoms with E-state index in [0.29, 0.717) is 0 Å². The van der Waals surface area contributed by atoms with E-state index in [-0.39, 0.29) is 23.1 Å². The number of alkyl halides is 3. The lowest BCUT2D eigenvalue weighted by Crippen LogP contribution is -2.44. The van der Waals surface area contributed by atoms with Crippen LogP contribution in [0.3, 0.4) is 0 Å². The van der Waals surface area contributed by atoms with Crippen LogP contribution in [0.2, 0.25) is 0 Å². The van der Waals surface area contributed by atoms with Gasteiger partial charge in [-0.05, 0) is 29.8 Å². The number of rotatable bonds is 7. The zero-order valence-corrected chi connectivity index (χ0v) is 17.0. The number of hydrogen-bond acceptors (Lipinski definition) is 6. The first-order chi connectivity index (χ1) is 15.9. The van der Waals surface area contributed by atoms with E-state index in [1.54, 1.807) is 0 Å². The second kappa shape index (κ2) is 9.21. The van der Waals surface area contributed by atoms with Gasteiger partial charge < -0.3 is 20.6 Å². The maximum absolute atomic E-state index is 13.1. The average molecular weight is 479 g/mol. The van der Waals surface area contributed by atoms with E-state index >= 15 is 0 Å². The quantitative estimate of drug-likeness (QED) is 0.399. The first-order valence-electron chi connectivity index (χ1n) is 9.52. The highest BCUT2D eigenvalue weighted by Crippen LogP contribution is 2.30. The van der Waals surface area contributed by atoms with E-state index in [2.05, 4.69) is 4.98 Å². The van der Waals surface area contributed by atoms with Gasteiger partial charge in [0.1, 0.15) is 23.0 Å². The number of carboxylic acids is 2. The molecule has 1 amide bonds. The van der Waals surface area contributed by atoms with Gasteiger partial charge in [-0.2, -0.15) is 13.2 Å². The van der Waals surface area contributed by atoms with Gasteiger partial charge in [-0.15, -0.1) is 0 Å². The van der Waals surface area contributed by atoms with Crippen molar-refractivity contribution in [2.24, 2.45) is 0 Å². The number of halogens is 3. The van der Waals surface area contributed by atoms with Gasteiger partial charge in [0, 0.05) is 6.20 Å². The molecule has 3 rings (SSSR count). The minimum absolute atomic E-state index is 0.0655. The monoisotopic (exact) mass is 479 g/mol. The molecule has 3 aromatic rings. The second-order valence-corrected chi connectivity index (χ2v) is 7.15. The number of pyridine rings is 2. The van der Waals surface area contributed by atoms with Gasteiger partial charge >= 0.3 is 18.1 Å². The van der Waals surface area contributed by atoms with Crippen molar-refractivity contribution in [3.8, 4) is 5.75 Å². The molecule has 0 radical (unpaired) electrons. The molecule has 34 heavy (non-hydrogen) atoms. The summed E-state index contributed by atoms with van der Waals surface area (Å²) in [5.41, 5.74) is -2.73. The molecule has 4 N–H and O–H groups in total. The number of hydrogen-bond donors (Lipinski definition) is 4. The Morgan fingerprint density at radius 2 is 1.74 bits per heavy atom. The number of amides is 1. The lowest BCUT2D eigenvalue weighted by atomic mass is 10.1. The van der Waals surface area contributed by atoms with Crippen LogP contribution in [0.15, 0.2) is 47.4 Å². The van der Waals surface area contributed by atoms with E-state index in [0.717, 1.165) is 28.8 Å². The summed E-state index contributed by atoms with van der Waals surface area (Å²) >= 11 is 0. The fourth-order valence-corrected chi connectivity index (χ4v) is 3.20. The van der Waals surface area contributed by atoms with Crippen molar-refractivity contribution >= 4 is 28.9 Å². The maximum Gasteiger partial charge on any atom is 0.416 e. The van der Waals surface area contributed by atoms with Gasteiger partial charge in [-0.1, -0.05) is 12.1 Å². The number of carbonyl (C=O) groups excluding carboxylic acids is 1. The SMILES string of the molecule is O=C(O)C[C@H](NC(=O)c1c(O)c2cccnc2n(Cc2ccc(C(F)(F)F)cc2)c1=O)C(=O)O. The molecule has 13 heteroatoms. The summed E-state index contributed by atoms with van der Waals surface area (Å²) in [6, 6.07) is 4.70. The fourth-order valence-electron chi connectivity index (χ4n) is 3.20. The fraction of sp³-hybridized carbons (Fsp3) is 0.190. The molecule has 0 aliphatic carbocycles. The van der Waals surface area contributed by atoms with Crippen molar-refractivity contribution in [1.82, 2.24) is 14.9 Å². The van der Waals surface area contributed by atoms with Crippen LogP contribution in [0.25, 0.3) is 11.0 Å². The largest absolute Gasteiger partial charge is 0.506 e. The molecule has 2 aromatic heterocycles. The Morgan fingerprint density at radius 3 is 2.29 bits per heavy atom. The summed E-state index contributed by atoms with van der Waals surface area (Å²) in [6.45, 7) is -0.331. The molecular weight excluding hydrogens is 463 g/mol. The minimum atomic E-state index is -4.57. The van der Waals surface area contributed by atoms with Crippen molar-refractivity contribution in [2.45, 2.75) is 25.2 Å². The molecule has 2 heterocycles. The summed E-state index contributed by atoms with van der Waals surface area (Å²) in [4.78, 5) is 52.0. The van der Waals surface area contributed by atoms with Crippen LogP contribution in [0.1, 0.15) is 27.9 Å². The number of nitrogens with one attached hydrogen (secondary N) is 1. The Labute approximate surface area is 187 Å². The van der Waals surface area contributed by atoms with Crippen LogP contribution >= 0.6 is 0 Å². The number of aromatic hydroxyl groups is 1.